The monoisotopic (exact) mass is 356 g/mol. The fourth-order valence-electron chi connectivity index (χ4n) is 2.36. The Hall–Kier alpha value is -1.22. The zero-order valence-electron chi connectivity index (χ0n) is 13.6. The lowest BCUT2D eigenvalue weighted by Gasteiger charge is -2.16. The molecule has 128 valence electrons. The molecule has 2 N–H and O–H groups in total. The number of nitrogens with one attached hydrogen (secondary N) is 2. The Balaban J connectivity index is 1.93. The zero-order chi connectivity index (χ0) is 16.9. The molecular weight excluding hydrogens is 332 g/mol. The SMILES string of the molecule is CN(C)CCNC(=S)Nc1ccc(S(=O)(=O)N2CCCC2)cc1. The molecule has 1 saturated heterocycles. The van der Waals surface area contributed by atoms with E-state index in [1.54, 1.807) is 28.6 Å². The smallest absolute Gasteiger partial charge is 0.243 e. The molecule has 0 aliphatic carbocycles. The highest BCUT2D eigenvalue weighted by molar-refractivity contribution is 7.89. The van der Waals surface area contributed by atoms with Crippen LogP contribution in [0, 0.1) is 0 Å². The summed E-state index contributed by atoms with van der Waals surface area (Å²) in [7, 11) is 0.639. The highest BCUT2D eigenvalue weighted by Crippen LogP contribution is 2.22. The van der Waals surface area contributed by atoms with Gasteiger partial charge < -0.3 is 15.5 Å². The van der Waals surface area contributed by atoms with Gasteiger partial charge in [-0.15, -0.1) is 0 Å². The van der Waals surface area contributed by atoms with E-state index in [1.807, 2.05) is 14.1 Å². The minimum Gasteiger partial charge on any atom is -0.361 e. The van der Waals surface area contributed by atoms with Crippen LogP contribution in [0.1, 0.15) is 12.8 Å². The van der Waals surface area contributed by atoms with Gasteiger partial charge >= 0.3 is 0 Å². The molecule has 1 aliphatic heterocycles. The van der Waals surface area contributed by atoms with Crippen LogP contribution in [0.4, 0.5) is 5.69 Å². The summed E-state index contributed by atoms with van der Waals surface area (Å²) < 4.78 is 26.4. The second-order valence-corrected chi connectivity index (χ2v) is 8.17. The Bertz CT molecular complexity index is 623. The fraction of sp³-hybridized carbons (Fsp3) is 0.533. The molecule has 0 unspecified atom stereocenters. The Morgan fingerprint density at radius 1 is 1.22 bits per heavy atom. The molecule has 1 fully saturated rings. The number of sulfonamides is 1. The molecule has 0 spiro atoms. The molecule has 1 aliphatic rings. The van der Waals surface area contributed by atoms with Gasteiger partial charge in [0.05, 0.1) is 4.90 Å². The van der Waals surface area contributed by atoms with Crippen LogP contribution in [-0.4, -0.2) is 63.0 Å². The first kappa shape index (κ1) is 18.1. The molecule has 0 bridgehead atoms. The standard InChI is InChI=1S/C15H24N4O2S2/c1-18(2)12-9-16-15(22)17-13-5-7-14(8-6-13)23(20,21)19-10-3-4-11-19/h5-8H,3-4,9-12H2,1-2H3,(H2,16,17,22). The van der Waals surface area contributed by atoms with Crippen LogP contribution in [0.25, 0.3) is 0 Å². The first-order valence-electron chi connectivity index (χ1n) is 7.69. The first-order chi connectivity index (χ1) is 10.9. The van der Waals surface area contributed by atoms with E-state index in [4.69, 9.17) is 12.2 Å². The van der Waals surface area contributed by atoms with E-state index in [2.05, 4.69) is 15.5 Å². The van der Waals surface area contributed by atoms with E-state index in [0.717, 1.165) is 31.6 Å². The summed E-state index contributed by atoms with van der Waals surface area (Å²) in [5, 5.41) is 6.69. The first-order valence-corrected chi connectivity index (χ1v) is 9.54. The molecule has 0 aromatic heterocycles. The molecule has 0 radical (unpaired) electrons. The second-order valence-electron chi connectivity index (χ2n) is 5.82. The van der Waals surface area contributed by atoms with Crippen molar-refractivity contribution in [3.63, 3.8) is 0 Å². The summed E-state index contributed by atoms with van der Waals surface area (Å²) in [6, 6.07) is 6.72. The summed E-state index contributed by atoms with van der Waals surface area (Å²) in [5.74, 6) is 0. The van der Waals surface area contributed by atoms with E-state index in [0.29, 0.717) is 23.1 Å². The summed E-state index contributed by atoms with van der Waals surface area (Å²) in [4.78, 5) is 2.39. The summed E-state index contributed by atoms with van der Waals surface area (Å²) in [6.07, 6.45) is 1.87. The van der Waals surface area contributed by atoms with Crippen LogP contribution in [-0.2, 0) is 10.0 Å². The van der Waals surface area contributed by atoms with Gasteiger partial charge in [-0.2, -0.15) is 4.31 Å². The van der Waals surface area contributed by atoms with Gasteiger partial charge in [0.25, 0.3) is 0 Å². The molecule has 6 nitrogen and oxygen atoms in total. The van der Waals surface area contributed by atoms with Crippen LogP contribution in [0.2, 0.25) is 0 Å². The number of hydrogen-bond acceptors (Lipinski definition) is 4. The van der Waals surface area contributed by atoms with Crippen LogP contribution in [0.3, 0.4) is 0 Å². The highest BCUT2D eigenvalue weighted by Gasteiger charge is 2.26. The van der Waals surface area contributed by atoms with E-state index < -0.39 is 10.0 Å². The average Bonchev–Trinajstić information content (AvgIpc) is 3.02. The van der Waals surface area contributed by atoms with Gasteiger partial charge in [0.15, 0.2) is 5.11 Å². The molecular formula is C15H24N4O2S2. The molecule has 0 amide bonds. The van der Waals surface area contributed by atoms with Crippen molar-refractivity contribution in [2.75, 3.05) is 45.6 Å². The third-order valence-corrected chi connectivity index (χ3v) is 5.82. The Morgan fingerprint density at radius 2 is 1.83 bits per heavy atom. The van der Waals surface area contributed by atoms with Gasteiger partial charge in [-0.3, -0.25) is 0 Å². The number of nitrogens with zero attached hydrogens (tertiary/aromatic N) is 2. The van der Waals surface area contributed by atoms with Crippen LogP contribution in [0.5, 0.6) is 0 Å². The van der Waals surface area contributed by atoms with Gasteiger partial charge in [-0.1, -0.05) is 0 Å². The van der Waals surface area contributed by atoms with Crippen molar-refractivity contribution in [3.05, 3.63) is 24.3 Å². The molecule has 0 saturated carbocycles. The number of rotatable bonds is 6. The van der Waals surface area contributed by atoms with Crippen LogP contribution in [0.15, 0.2) is 29.2 Å². The van der Waals surface area contributed by atoms with E-state index >= 15 is 0 Å². The predicted molar refractivity (Wildman–Crippen MR) is 97.2 cm³/mol. The Labute approximate surface area is 143 Å². The molecule has 1 aromatic carbocycles. The molecule has 0 atom stereocenters. The van der Waals surface area contributed by atoms with Gasteiger partial charge in [0.1, 0.15) is 0 Å². The molecule has 2 rings (SSSR count). The summed E-state index contributed by atoms with van der Waals surface area (Å²) in [6.45, 7) is 2.86. The number of anilines is 1. The molecule has 23 heavy (non-hydrogen) atoms. The number of benzene rings is 1. The Kier molecular flexibility index (Phi) is 6.34. The number of likely N-dealkylation sites (N-methyl/N-ethyl adjacent to an activating group) is 1. The molecule has 1 heterocycles. The maximum absolute atomic E-state index is 12.4. The largest absolute Gasteiger partial charge is 0.361 e. The third kappa shape index (κ3) is 5.13. The van der Waals surface area contributed by atoms with E-state index in [9.17, 15) is 8.42 Å². The summed E-state index contributed by atoms with van der Waals surface area (Å²) in [5.41, 5.74) is 0.771. The molecule has 1 aromatic rings. The van der Waals surface area contributed by atoms with Gasteiger partial charge in [0.2, 0.25) is 10.0 Å². The highest BCUT2D eigenvalue weighted by atomic mass is 32.2. The maximum atomic E-state index is 12.4. The lowest BCUT2D eigenvalue weighted by atomic mass is 10.3. The topological polar surface area (TPSA) is 64.7 Å². The second kappa shape index (κ2) is 8.05. The fourth-order valence-corrected chi connectivity index (χ4v) is 4.09. The van der Waals surface area contributed by atoms with Crippen LogP contribution < -0.4 is 10.6 Å². The number of hydrogen-bond donors (Lipinski definition) is 2. The van der Waals surface area contributed by atoms with Crippen molar-refractivity contribution < 1.29 is 8.42 Å². The average molecular weight is 357 g/mol. The van der Waals surface area contributed by atoms with Crippen molar-refractivity contribution >= 4 is 33.0 Å². The zero-order valence-corrected chi connectivity index (χ0v) is 15.2. The maximum Gasteiger partial charge on any atom is 0.243 e. The minimum atomic E-state index is -3.36. The predicted octanol–water partition coefficient (Wildman–Crippen LogP) is 1.32. The van der Waals surface area contributed by atoms with Gasteiger partial charge in [-0.25, -0.2) is 8.42 Å². The third-order valence-electron chi connectivity index (χ3n) is 3.66. The van der Waals surface area contributed by atoms with Crippen molar-refractivity contribution in [1.29, 1.82) is 0 Å². The summed E-state index contributed by atoms with van der Waals surface area (Å²) >= 11 is 5.21. The lowest BCUT2D eigenvalue weighted by molar-refractivity contribution is 0.413. The van der Waals surface area contributed by atoms with Gasteiger partial charge in [0, 0.05) is 31.9 Å². The van der Waals surface area contributed by atoms with Gasteiger partial charge in [-0.05, 0) is 63.4 Å². The van der Waals surface area contributed by atoms with E-state index in [-0.39, 0.29) is 0 Å². The Morgan fingerprint density at radius 3 is 2.39 bits per heavy atom. The van der Waals surface area contributed by atoms with Crippen molar-refractivity contribution in [1.82, 2.24) is 14.5 Å². The van der Waals surface area contributed by atoms with Crippen molar-refractivity contribution in [3.8, 4) is 0 Å². The van der Waals surface area contributed by atoms with Crippen molar-refractivity contribution in [2.24, 2.45) is 0 Å². The number of thiocarbonyl (C=S) groups is 1. The quantitative estimate of drug-likeness (QED) is 0.750. The molecule has 8 heteroatoms. The lowest BCUT2D eigenvalue weighted by Crippen LogP contribution is -2.34. The minimum absolute atomic E-state index is 0.330. The van der Waals surface area contributed by atoms with E-state index in [1.165, 1.54) is 0 Å². The van der Waals surface area contributed by atoms with Crippen molar-refractivity contribution in [2.45, 2.75) is 17.7 Å². The van der Waals surface area contributed by atoms with Crippen LogP contribution >= 0.6 is 12.2 Å². The normalized spacial score (nSPS) is 15.8.